The molecule has 5 N–H and O–H groups in total. The van der Waals surface area contributed by atoms with E-state index in [-0.39, 0.29) is 51.9 Å². The number of anilines is 1. The lowest BCUT2D eigenvalue weighted by atomic mass is 9.82. The minimum absolute atomic E-state index is 0.00489. The molecule has 10 heteroatoms. The van der Waals surface area contributed by atoms with Gasteiger partial charge in [0.25, 0.3) is 0 Å². The molecule has 3 heterocycles. The molecule has 0 bridgehead atoms. The number of aliphatic hydroxyl groups is 1. The van der Waals surface area contributed by atoms with Gasteiger partial charge >= 0.3 is 5.97 Å². The van der Waals surface area contributed by atoms with Crippen LogP contribution in [0.4, 0.5) is 5.82 Å². The van der Waals surface area contributed by atoms with Gasteiger partial charge in [0, 0.05) is 29.8 Å². The summed E-state index contributed by atoms with van der Waals surface area (Å²) in [5.41, 5.74) is 6.76. The first-order valence-corrected chi connectivity index (χ1v) is 15.6. The highest BCUT2D eigenvalue weighted by molar-refractivity contribution is 6.01. The largest absolute Gasteiger partial charge is 0.508 e. The Kier molecular flexibility index (Phi) is 8.48. The lowest BCUT2D eigenvalue weighted by Gasteiger charge is -2.43. The van der Waals surface area contributed by atoms with Crippen LogP contribution in [0.15, 0.2) is 69.5 Å². The van der Waals surface area contributed by atoms with Crippen LogP contribution in [-0.4, -0.2) is 38.0 Å². The van der Waals surface area contributed by atoms with E-state index in [1.807, 2.05) is 26.0 Å². The number of aromatic hydroxyl groups is 2. The molecule has 1 aliphatic carbocycles. The number of aryl methyl sites for hydroxylation is 1. The van der Waals surface area contributed by atoms with Crippen LogP contribution in [0, 0.1) is 5.92 Å². The van der Waals surface area contributed by atoms with Crippen molar-refractivity contribution in [2.45, 2.75) is 77.1 Å². The van der Waals surface area contributed by atoms with Crippen LogP contribution in [0.5, 0.6) is 17.2 Å². The van der Waals surface area contributed by atoms with Crippen LogP contribution in [0.2, 0.25) is 0 Å². The first-order valence-electron chi connectivity index (χ1n) is 15.6. The van der Waals surface area contributed by atoms with E-state index in [2.05, 4.69) is 4.98 Å². The first-order chi connectivity index (χ1) is 22.1. The van der Waals surface area contributed by atoms with Gasteiger partial charge in [0.1, 0.15) is 52.5 Å². The summed E-state index contributed by atoms with van der Waals surface area (Å²) in [5.74, 6) is -0.0299. The molecule has 1 fully saturated rings. The number of nitrogens with two attached hydrogens (primary N) is 1. The van der Waals surface area contributed by atoms with Gasteiger partial charge in [-0.1, -0.05) is 37.1 Å². The Labute approximate surface area is 266 Å². The number of nitrogens with zero attached hydrogens (tertiary/aromatic N) is 1. The number of nitrogen functional groups attached to an aromatic ring is 1. The summed E-state index contributed by atoms with van der Waals surface area (Å²) in [4.78, 5) is 31.3. The van der Waals surface area contributed by atoms with E-state index in [9.17, 15) is 24.9 Å². The molecule has 2 aliphatic rings. The average Bonchev–Trinajstić information content (AvgIpc) is 3.56. The highest BCUT2D eigenvalue weighted by atomic mass is 16.6. The van der Waals surface area contributed by atoms with Crippen molar-refractivity contribution >= 4 is 22.8 Å². The molecule has 0 unspecified atom stereocenters. The molecule has 0 amide bonds. The summed E-state index contributed by atoms with van der Waals surface area (Å²) in [6.45, 7) is 3.16. The van der Waals surface area contributed by atoms with Gasteiger partial charge in [-0.2, -0.15) is 0 Å². The summed E-state index contributed by atoms with van der Waals surface area (Å²) in [6, 6.07) is 11.1. The Morgan fingerprint density at radius 2 is 1.96 bits per heavy atom. The number of benzene rings is 2. The Balaban J connectivity index is 1.51. The number of allylic oxidation sites excluding steroid dienone is 1. The number of rotatable bonds is 8. The van der Waals surface area contributed by atoms with E-state index in [0.717, 1.165) is 37.3 Å². The standard InChI is InChI=1S/C36H38N2O8/c1-3-25(21-7-4-5-8-21)35(43)45-28-17-26-32(42)31-27(41)16-24(19-39)44-34(31)30(22-9-6-10-23(40)15-22)33(26)46-36(28,2)14-13-20-11-12-29(37)38-18-20/h3,6,9-12,15-16,18,21,28,39-40,42H,4-5,7-8,13-14,17,19H2,1-2H3,(H2,37,38)/b25-3-/t28-,36+/m1/s1. The van der Waals surface area contributed by atoms with Crippen molar-refractivity contribution in [3.05, 3.63) is 87.4 Å². The van der Waals surface area contributed by atoms with Crippen molar-refractivity contribution in [2.75, 3.05) is 5.73 Å². The maximum atomic E-state index is 13.7. The molecule has 10 nitrogen and oxygen atoms in total. The number of phenols is 2. The summed E-state index contributed by atoms with van der Waals surface area (Å²) in [5, 5.41) is 31.8. The molecule has 2 aromatic heterocycles. The molecule has 240 valence electrons. The molecule has 0 radical (unpaired) electrons. The number of carbonyl (C=O) groups is 1. The molecule has 2 atom stereocenters. The first kappa shape index (κ1) is 31.2. The number of aromatic nitrogens is 1. The number of hydrogen-bond donors (Lipinski definition) is 4. The fraction of sp³-hybridized carbons (Fsp3) is 0.361. The third-order valence-electron chi connectivity index (χ3n) is 9.29. The number of esters is 1. The Morgan fingerprint density at radius 1 is 1.17 bits per heavy atom. The van der Waals surface area contributed by atoms with E-state index >= 15 is 0 Å². The summed E-state index contributed by atoms with van der Waals surface area (Å²) in [7, 11) is 0. The van der Waals surface area contributed by atoms with Gasteiger partial charge < -0.3 is 34.9 Å². The van der Waals surface area contributed by atoms with Crippen molar-refractivity contribution in [1.29, 1.82) is 0 Å². The molecule has 0 spiro atoms. The molecule has 2 aromatic carbocycles. The van der Waals surface area contributed by atoms with Gasteiger partial charge in [0.2, 0.25) is 0 Å². The maximum absolute atomic E-state index is 13.7. The molecular weight excluding hydrogens is 588 g/mol. The summed E-state index contributed by atoms with van der Waals surface area (Å²) >= 11 is 0. The second-order valence-corrected chi connectivity index (χ2v) is 12.4. The third kappa shape index (κ3) is 5.80. The van der Waals surface area contributed by atoms with E-state index in [0.29, 0.717) is 35.4 Å². The molecule has 0 saturated heterocycles. The fourth-order valence-corrected chi connectivity index (χ4v) is 6.77. The van der Waals surface area contributed by atoms with E-state index in [4.69, 9.17) is 19.6 Å². The SMILES string of the molecule is C/C=C(\C(=O)O[C@@H]1Cc2c(c(-c3cccc(O)c3)c3oc(CO)cc(=O)c3c2O)O[C@@]1(C)CCc1ccc(N)nc1)C1CCCC1. The molecule has 1 saturated carbocycles. The predicted molar refractivity (Wildman–Crippen MR) is 172 cm³/mol. The van der Waals surface area contributed by atoms with E-state index in [1.54, 1.807) is 24.4 Å². The van der Waals surface area contributed by atoms with Gasteiger partial charge in [-0.25, -0.2) is 9.78 Å². The summed E-state index contributed by atoms with van der Waals surface area (Å²) < 4.78 is 19.1. The van der Waals surface area contributed by atoms with E-state index < -0.39 is 29.7 Å². The average molecular weight is 627 g/mol. The van der Waals surface area contributed by atoms with Crippen LogP contribution < -0.4 is 15.9 Å². The molecule has 46 heavy (non-hydrogen) atoms. The monoisotopic (exact) mass is 626 g/mol. The minimum Gasteiger partial charge on any atom is -0.508 e. The number of phenolic OH excluding ortho intramolecular Hbond substituents is 2. The zero-order chi connectivity index (χ0) is 32.6. The van der Waals surface area contributed by atoms with Gasteiger partial charge in [0.05, 0.1) is 5.56 Å². The molecule has 4 aromatic rings. The lowest BCUT2D eigenvalue weighted by Crippen LogP contribution is -2.52. The maximum Gasteiger partial charge on any atom is 0.334 e. The normalized spacial score (nSPS) is 20.0. The second-order valence-electron chi connectivity index (χ2n) is 12.4. The van der Waals surface area contributed by atoms with Crippen LogP contribution in [0.25, 0.3) is 22.1 Å². The summed E-state index contributed by atoms with van der Waals surface area (Å²) in [6.07, 6.45) is 7.59. The van der Waals surface area contributed by atoms with Gasteiger partial charge in [-0.05, 0) is 74.8 Å². The van der Waals surface area contributed by atoms with Gasteiger partial charge in [0.15, 0.2) is 11.0 Å². The van der Waals surface area contributed by atoms with Crippen LogP contribution in [-0.2, 0) is 29.0 Å². The number of ether oxygens (including phenoxy) is 2. The second kappa shape index (κ2) is 12.5. The number of hydrogen-bond acceptors (Lipinski definition) is 10. The highest BCUT2D eigenvalue weighted by Gasteiger charge is 2.47. The van der Waals surface area contributed by atoms with Crippen molar-refractivity contribution in [2.24, 2.45) is 5.92 Å². The zero-order valence-electron chi connectivity index (χ0n) is 25.9. The zero-order valence-corrected chi connectivity index (χ0v) is 25.9. The Morgan fingerprint density at radius 3 is 2.63 bits per heavy atom. The number of carbonyl (C=O) groups excluding carboxylic acids is 1. The number of pyridine rings is 1. The fourth-order valence-electron chi connectivity index (χ4n) is 6.77. The molecule has 1 aliphatic heterocycles. The van der Waals surface area contributed by atoms with Crippen LogP contribution in [0.3, 0.4) is 0 Å². The van der Waals surface area contributed by atoms with Crippen molar-refractivity contribution in [3.63, 3.8) is 0 Å². The predicted octanol–water partition coefficient (Wildman–Crippen LogP) is 5.72. The minimum atomic E-state index is -1.11. The van der Waals surface area contributed by atoms with Crippen molar-refractivity contribution in [3.8, 4) is 28.4 Å². The number of aliphatic hydroxyl groups excluding tert-OH is 1. The van der Waals surface area contributed by atoms with E-state index in [1.165, 1.54) is 12.1 Å². The lowest BCUT2D eigenvalue weighted by molar-refractivity contribution is -0.159. The third-order valence-corrected chi connectivity index (χ3v) is 9.29. The smallest absolute Gasteiger partial charge is 0.334 e. The van der Waals surface area contributed by atoms with Crippen LogP contribution >= 0.6 is 0 Å². The molecule has 6 rings (SSSR count). The van der Waals surface area contributed by atoms with Crippen molar-refractivity contribution in [1.82, 2.24) is 4.98 Å². The van der Waals surface area contributed by atoms with Gasteiger partial charge in [-0.15, -0.1) is 0 Å². The quantitative estimate of drug-likeness (QED) is 0.140. The van der Waals surface area contributed by atoms with Crippen molar-refractivity contribution < 1.29 is 34.0 Å². The Hall–Kier alpha value is -4.83. The topological polar surface area (TPSA) is 165 Å². The Bertz CT molecular complexity index is 1870. The highest BCUT2D eigenvalue weighted by Crippen LogP contribution is 2.51. The van der Waals surface area contributed by atoms with Crippen LogP contribution in [0.1, 0.15) is 62.8 Å². The number of fused-ring (bicyclic) bond motifs is 2. The molecular formula is C36H38N2O8. The van der Waals surface area contributed by atoms with Gasteiger partial charge in [-0.3, -0.25) is 4.79 Å².